The van der Waals surface area contributed by atoms with Crippen molar-refractivity contribution in [3.8, 4) is 0 Å². The lowest BCUT2D eigenvalue weighted by atomic mass is 10.2. The maximum atomic E-state index is 12.7. The van der Waals surface area contributed by atoms with Crippen LogP contribution in [-0.4, -0.2) is 55.0 Å². The summed E-state index contributed by atoms with van der Waals surface area (Å²) in [6.07, 6.45) is -2.67. The Hall–Kier alpha value is -4.27. The number of carbonyl (C=O) groups is 3. The van der Waals surface area contributed by atoms with E-state index < -0.39 is 51.9 Å². The second kappa shape index (κ2) is 11.0. The molecule has 15 heteroatoms. The van der Waals surface area contributed by atoms with E-state index >= 15 is 0 Å². The quantitative estimate of drug-likeness (QED) is 0.406. The zero-order valence-electron chi connectivity index (χ0n) is 20.3. The van der Waals surface area contributed by atoms with Crippen LogP contribution < -0.4 is 10.6 Å². The van der Waals surface area contributed by atoms with Crippen molar-refractivity contribution in [3.05, 3.63) is 65.7 Å². The number of rotatable bonds is 8. The molecular weight excluding hydrogens is 533 g/mol. The van der Waals surface area contributed by atoms with Gasteiger partial charge >= 0.3 is 18.2 Å². The lowest BCUT2D eigenvalue weighted by Gasteiger charge is -2.09. The Morgan fingerprint density at radius 1 is 0.921 bits per heavy atom. The number of alkyl halides is 3. The molecule has 0 unspecified atom stereocenters. The molecule has 0 aliphatic carbocycles. The number of esters is 1. The van der Waals surface area contributed by atoms with Crippen molar-refractivity contribution in [2.75, 3.05) is 30.1 Å². The number of hydrogen-bond donors (Lipinski definition) is 2. The van der Waals surface area contributed by atoms with Crippen LogP contribution in [0.1, 0.15) is 26.5 Å². The van der Waals surface area contributed by atoms with Crippen molar-refractivity contribution in [3.63, 3.8) is 0 Å². The average molecular weight is 557 g/mol. The number of hydrogen-bond acceptors (Lipinski definition) is 7. The largest absolute Gasteiger partial charge is 0.464 e. The minimum atomic E-state index is -4.60. The standard InChI is InChI=1S/C23H23F3N4O7S/c1-29-13-16(10-18(29)20(31)27-15-11-19(21(32)36-3)30(2)12-15)28-22(33)37-8-9-38(34,35)17-6-4-14(5-7-17)23(24,25)26/h4-7,10-13H,8-9H2,1-3H3,(H,27,31)(H,28,33). The molecule has 0 saturated carbocycles. The molecule has 38 heavy (non-hydrogen) atoms. The molecule has 11 nitrogen and oxygen atoms in total. The van der Waals surface area contributed by atoms with Crippen LogP contribution in [0.4, 0.5) is 29.3 Å². The Morgan fingerprint density at radius 3 is 2.05 bits per heavy atom. The smallest absolute Gasteiger partial charge is 0.416 e. The first kappa shape index (κ1) is 28.3. The predicted octanol–water partition coefficient (Wildman–Crippen LogP) is 3.44. The van der Waals surface area contributed by atoms with Gasteiger partial charge in [-0.3, -0.25) is 10.1 Å². The van der Waals surface area contributed by atoms with Crippen LogP contribution in [0.2, 0.25) is 0 Å². The predicted molar refractivity (Wildman–Crippen MR) is 129 cm³/mol. The molecule has 0 saturated heterocycles. The SMILES string of the molecule is COC(=O)c1cc(NC(=O)c2cc(NC(=O)OCCS(=O)(=O)c3ccc(C(F)(F)F)cc3)cn2C)cn1C. The van der Waals surface area contributed by atoms with Crippen molar-refractivity contribution in [2.45, 2.75) is 11.1 Å². The minimum absolute atomic E-state index is 0.147. The van der Waals surface area contributed by atoms with Gasteiger partial charge in [-0.25, -0.2) is 18.0 Å². The number of nitrogens with zero attached hydrogens (tertiary/aromatic N) is 2. The van der Waals surface area contributed by atoms with Gasteiger partial charge in [-0.1, -0.05) is 0 Å². The summed E-state index contributed by atoms with van der Waals surface area (Å²) in [6.45, 7) is -0.564. The average Bonchev–Trinajstić information content (AvgIpc) is 3.39. The highest BCUT2D eigenvalue weighted by Gasteiger charge is 2.30. The number of nitrogens with one attached hydrogen (secondary N) is 2. The van der Waals surface area contributed by atoms with Gasteiger partial charge in [0.05, 0.1) is 34.7 Å². The maximum Gasteiger partial charge on any atom is 0.416 e. The van der Waals surface area contributed by atoms with Gasteiger partial charge in [-0.05, 0) is 36.4 Å². The van der Waals surface area contributed by atoms with Gasteiger partial charge in [0, 0.05) is 26.5 Å². The summed E-state index contributed by atoms with van der Waals surface area (Å²) >= 11 is 0. The topological polar surface area (TPSA) is 138 Å². The number of benzene rings is 1. The van der Waals surface area contributed by atoms with E-state index in [-0.39, 0.29) is 22.0 Å². The van der Waals surface area contributed by atoms with Crippen LogP contribution in [0.25, 0.3) is 0 Å². The molecule has 3 aromatic rings. The van der Waals surface area contributed by atoms with E-state index in [1.54, 1.807) is 14.1 Å². The van der Waals surface area contributed by atoms with Crippen LogP contribution >= 0.6 is 0 Å². The third-order valence-corrected chi connectivity index (χ3v) is 6.96. The van der Waals surface area contributed by atoms with E-state index in [0.717, 1.165) is 12.1 Å². The number of aryl methyl sites for hydroxylation is 2. The summed E-state index contributed by atoms with van der Waals surface area (Å²) in [5.41, 5.74) is -0.106. The van der Waals surface area contributed by atoms with Crippen molar-refractivity contribution >= 4 is 39.2 Å². The second-order valence-electron chi connectivity index (χ2n) is 8.00. The van der Waals surface area contributed by atoms with Gasteiger partial charge in [0.2, 0.25) is 0 Å². The summed E-state index contributed by atoms with van der Waals surface area (Å²) in [4.78, 5) is 36.1. The molecule has 2 amide bonds. The highest BCUT2D eigenvalue weighted by Crippen LogP contribution is 2.29. The van der Waals surface area contributed by atoms with Crippen LogP contribution in [0, 0.1) is 0 Å². The third kappa shape index (κ3) is 6.73. The molecule has 1 aromatic carbocycles. The molecule has 2 N–H and O–H groups in total. The zero-order chi connectivity index (χ0) is 28.3. The van der Waals surface area contributed by atoms with Crippen LogP contribution in [-0.2, 0) is 39.6 Å². The van der Waals surface area contributed by atoms with Crippen molar-refractivity contribution < 1.29 is 45.4 Å². The van der Waals surface area contributed by atoms with Crippen molar-refractivity contribution in [2.24, 2.45) is 14.1 Å². The Bertz CT molecular complexity index is 1460. The van der Waals surface area contributed by atoms with Crippen LogP contribution in [0.3, 0.4) is 0 Å². The number of ether oxygens (including phenoxy) is 2. The van der Waals surface area contributed by atoms with Crippen molar-refractivity contribution in [1.29, 1.82) is 0 Å². The van der Waals surface area contributed by atoms with E-state index in [2.05, 4.69) is 15.4 Å². The molecule has 0 fully saturated rings. The monoisotopic (exact) mass is 556 g/mol. The molecule has 0 bridgehead atoms. The normalized spacial score (nSPS) is 11.6. The molecule has 0 aliphatic heterocycles. The highest BCUT2D eigenvalue weighted by atomic mass is 32.2. The molecule has 0 aliphatic rings. The van der Waals surface area contributed by atoms with Gasteiger partial charge < -0.3 is 23.9 Å². The van der Waals surface area contributed by atoms with E-state index in [0.29, 0.717) is 17.8 Å². The minimum Gasteiger partial charge on any atom is -0.464 e. The van der Waals surface area contributed by atoms with Gasteiger partial charge in [0.25, 0.3) is 5.91 Å². The number of aromatic nitrogens is 2. The Labute approximate surface area is 215 Å². The van der Waals surface area contributed by atoms with E-state index in [9.17, 15) is 36.0 Å². The molecule has 3 rings (SSSR count). The van der Waals surface area contributed by atoms with Crippen LogP contribution in [0.5, 0.6) is 0 Å². The van der Waals surface area contributed by atoms with Gasteiger partial charge in [0.1, 0.15) is 18.0 Å². The fourth-order valence-corrected chi connectivity index (χ4v) is 4.45. The summed E-state index contributed by atoms with van der Waals surface area (Å²) in [6, 6.07) is 5.75. The zero-order valence-corrected chi connectivity index (χ0v) is 21.1. The van der Waals surface area contributed by atoms with Crippen LogP contribution in [0.15, 0.2) is 53.7 Å². The Balaban J connectivity index is 1.55. The molecule has 2 aromatic heterocycles. The fraction of sp³-hybridized carbons (Fsp3) is 0.261. The Morgan fingerprint density at radius 2 is 1.47 bits per heavy atom. The number of carbonyl (C=O) groups excluding carboxylic acids is 3. The number of anilines is 2. The first-order valence-electron chi connectivity index (χ1n) is 10.8. The van der Waals surface area contributed by atoms with Gasteiger partial charge in [-0.2, -0.15) is 13.2 Å². The lowest BCUT2D eigenvalue weighted by Crippen LogP contribution is -2.19. The summed E-state index contributed by atoms with van der Waals surface area (Å²) < 4.78 is 75.0. The molecule has 204 valence electrons. The first-order chi connectivity index (χ1) is 17.7. The molecular formula is C23H23F3N4O7S. The highest BCUT2D eigenvalue weighted by molar-refractivity contribution is 7.91. The first-order valence-corrected chi connectivity index (χ1v) is 12.4. The van der Waals surface area contributed by atoms with Gasteiger partial charge in [0.15, 0.2) is 9.84 Å². The van der Waals surface area contributed by atoms with Gasteiger partial charge in [-0.15, -0.1) is 0 Å². The van der Waals surface area contributed by atoms with Crippen molar-refractivity contribution in [1.82, 2.24) is 9.13 Å². The lowest BCUT2D eigenvalue weighted by molar-refractivity contribution is -0.137. The summed E-state index contributed by atoms with van der Waals surface area (Å²) in [7, 11) is 0.381. The fourth-order valence-electron chi connectivity index (χ4n) is 3.36. The number of halogens is 3. The molecule has 0 atom stereocenters. The Kier molecular flexibility index (Phi) is 8.19. The number of amides is 2. The second-order valence-corrected chi connectivity index (χ2v) is 10.1. The summed E-state index contributed by atoms with van der Waals surface area (Å²) in [5, 5.41) is 4.98. The number of methoxy groups -OCH3 is 1. The molecule has 2 heterocycles. The third-order valence-electron chi connectivity index (χ3n) is 5.27. The van der Waals surface area contributed by atoms with E-state index in [4.69, 9.17) is 4.74 Å². The number of sulfone groups is 1. The van der Waals surface area contributed by atoms with E-state index in [1.165, 1.54) is 40.8 Å². The maximum absolute atomic E-state index is 12.7. The molecule has 0 radical (unpaired) electrons. The molecule has 0 spiro atoms. The van der Waals surface area contributed by atoms with E-state index in [1.807, 2.05) is 0 Å². The summed E-state index contributed by atoms with van der Waals surface area (Å²) in [5.74, 6) is -1.78.